The molecule has 138 valence electrons. The van der Waals surface area contributed by atoms with E-state index < -0.39 is 17.8 Å². The molecule has 1 aliphatic rings. The minimum Gasteiger partial charge on any atom is -0.445 e. The standard InChI is InChI=1S/C19H28N2O4/c1-19(2,3)25-18(23)21-16-11-7-10-15(12-16)20-17(22)24-13-14-8-5-4-6-9-14/h4-6,8-9,15-16H,7,10-13H2,1-3H3,(H,20,22)(H,21,23)/t15-,16?/m0/s1. The van der Waals surface area contributed by atoms with Crippen LogP contribution in [0.3, 0.4) is 0 Å². The van der Waals surface area contributed by atoms with Crippen molar-refractivity contribution in [3.63, 3.8) is 0 Å². The molecule has 2 N–H and O–H groups in total. The lowest BCUT2D eigenvalue weighted by Gasteiger charge is -2.30. The highest BCUT2D eigenvalue weighted by Crippen LogP contribution is 2.19. The van der Waals surface area contributed by atoms with Gasteiger partial charge in [0.05, 0.1) is 0 Å². The molecule has 6 heteroatoms. The summed E-state index contributed by atoms with van der Waals surface area (Å²) in [5.41, 5.74) is 0.434. The second kappa shape index (κ2) is 8.74. The van der Waals surface area contributed by atoms with Gasteiger partial charge in [0, 0.05) is 12.1 Å². The van der Waals surface area contributed by atoms with Crippen molar-refractivity contribution in [3.8, 4) is 0 Å². The monoisotopic (exact) mass is 348 g/mol. The molecule has 0 spiro atoms. The molecule has 2 amide bonds. The Bertz CT molecular complexity index is 569. The molecule has 6 nitrogen and oxygen atoms in total. The lowest BCUT2D eigenvalue weighted by Crippen LogP contribution is -2.47. The van der Waals surface area contributed by atoms with E-state index in [1.807, 2.05) is 51.1 Å². The van der Waals surface area contributed by atoms with Crippen LogP contribution in [0.4, 0.5) is 9.59 Å². The number of amides is 2. The molecule has 0 aromatic heterocycles. The zero-order chi connectivity index (χ0) is 18.3. The third kappa shape index (κ3) is 7.45. The molecule has 1 aromatic rings. The minimum atomic E-state index is -0.516. The second-order valence-electron chi connectivity index (χ2n) is 7.41. The first-order valence-corrected chi connectivity index (χ1v) is 8.78. The molecule has 1 aromatic carbocycles. The van der Waals surface area contributed by atoms with Gasteiger partial charge in [0.2, 0.25) is 0 Å². The minimum absolute atomic E-state index is 0.00280. The van der Waals surface area contributed by atoms with Gasteiger partial charge in [0.15, 0.2) is 0 Å². The molecule has 0 radical (unpaired) electrons. The van der Waals surface area contributed by atoms with Crippen molar-refractivity contribution in [3.05, 3.63) is 35.9 Å². The van der Waals surface area contributed by atoms with Crippen LogP contribution in [0, 0.1) is 0 Å². The molecule has 0 heterocycles. The van der Waals surface area contributed by atoms with Crippen molar-refractivity contribution in [1.29, 1.82) is 0 Å². The summed E-state index contributed by atoms with van der Waals surface area (Å²) in [7, 11) is 0. The third-order valence-corrected chi connectivity index (χ3v) is 3.93. The van der Waals surface area contributed by atoms with Gasteiger partial charge in [0.1, 0.15) is 12.2 Å². The topological polar surface area (TPSA) is 76.7 Å². The summed E-state index contributed by atoms with van der Waals surface area (Å²) in [6.07, 6.45) is 2.55. The van der Waals surface area contributed by atoms with E-state index in [1.54, 1.807) is 0 Å². The molecule has 0 bridgehead atoms. The number of nitrogens with one attached hydrogen (secondary N) is 2. The van der Waals surface area contributed by atoms with Crippen LogP contribution in [0.5, 0.6) is 0 Å². The van der Waals surface area contributed by atoms with E-state index in [4.69, 9.17) is 9.47 Å². The number of hydrogen-bond acceptors (Lipinski definition) is 4. The number of alkyl carbamates (subject to hydrolysis) is 2. The van der Waals surface area contributed by atoms with Crippen LogP contribution < -0.4 is 10.6 Å². The second-order valence-corrected chi connectivity index (χ2v) is 7.41. The lowest BCUT2D eigenvalue weighted by molar-refractivity contribution is 0.0488. The van der Waals surface area contributed by atoms with E-state index in [0.717, 1.165) is 24.8 Å². The fraction of sp³-hybridized carbons (Fsp3) is 0.579. The fourth-order valence-corrected chi connectivity index (χ4v) is 2.86. The third-order valence-electron chi connectivity index (χ3n) is 3.93. The summed E-state index contributed by atoms with van der Waals surface area (Å²) < 4.78 is 10.5. The highest BCUT2D eigenvalue weighted by atomic mass is 16.6. The molecule has 1 unspecified atom stereocenters. The Labute approximate surface area is 149 Å². The van der Waals surface area contributed by atoms with Crippen molar-refractivity contribution in [2.24, 2.45) is 0 Å². The van der Waals surface area contributed by atoms with E-state index in [1.165, 1.54) is 0 Å². The summed E-state index contributed by atoms with van der Waals surface area (Å²) in [5.74, 6) is 0. The summed E-state index contributed by atoms with van der Waals surface area (Å²) in [6, 6.07) is 9.56. The number of benzene rings is 1. The maximum absolute atomic E-state index is 12.0. The maximum Gasteiger partial charge on any atom is 0.407 e. The van der Waals surface area contributed by atoms with Crippen molar-refractivity contribution in [2.45, 2.75) is 70.7 Å². The van der Waals surface area contributed by atoms with E-state index in [-0.39, 0.29) is 18.7 Å². The van der Waals surface area contributed by atoms with Gasteiger partial charge in [-0.2, -0.15) is 0 Å². The molecule has 0 aliphatic heterocycles. The number of rotatable bonds is 4. The van der Waals surface area contributed by atoms with Gasteiger partial charge < -0.3 is 20.1 Å². The van der Waals surface area contributed by atoms with Crippen LogP contribution in [-0.2, 0) is 16.1 Å². The first-order chi connectivity index (χ1) is 11.8. The summed E-state index contributed by atoms with van der Waals surface area (Å²) in [4.78, 5) is 23.8. The number of ether oxygens (including phenoxy) is 2. The van der Waals surface area contributed by atoms with Crippen molar-refractivity contribution in [1.82, 2.24) is 10.6 Å². The summed E-state index contributed by atoms with van der Waals surface area (Å²) >= 11 is 0. The number of carbonyl (C=O) groups excluding carboxylic acids is 2. The van der Waals surface area contributed by atoms with E-state index in [9.17, 15) is 9.59 Å². The van der Waals surface area contributed by atoms with Gasteiger partial charge >= 0.3 is 12.2 Å². The molecular formula is C19H28N2O4. The maximum atomic E-state index is 12.0. The molecule has 1 fully saturated rings. The zero-order valence-corrected chi connectivity index (χ0v) is 15.2. The first kappa shape index (κ1) is 19.1. The van der Waals surface area contributed by atoms with Crippen LogP contribution in [0.25, 0.3) is 0 Å². The smallest absolute Gasteiger partial charge is 0.407 e. The molecule has 2 atom stereocenters. The number of carbonyl (C=O) groups is 2. The van der Waals surface area contributed by atoms with Gasteiger partial charge in [-0.25, -0.2) is 9.59 Å². The Hall–Kier alpha value is -2.24. The van der Waals surface area contributed by atoms with Crippen molar-refractivity contribution < 1.29 is 19.1 Å². The van der Waals surface area contributed by atoms with Crippen LogP contribution in [0.1, 0.15) is 52.0 Å². The Morgan fingerprint density at radius 1 is 1.04 bits per heavy atom. The van der Waals surface area contributed by atoms with Gasteiger partial charge in [-0.05, 0) is 52.0 Å². The SMILES string of the molecule is CC(C)(C)OC(=O)NC1CCC[C@H](NC(=O)OCc2ccccc2)C1. The largest absolute Gasteiger partial charge is 0.445 e. The van der Waals surface area contributed by atoms with Crippen molar-refractivity contribution >= 4 is 12.2 Å². The highest BCUT2D eigenvalue weighted by Gasteiger charge is 2.26. The van der Waals surface area contributed by atoms with Gasteiger partial charge in [-0.15, -0.1) is 0 Å². The first-order valence-electron chi connectivity index (χ1n) is 8.78. The van der Waals surface area contributed by atoms with E-state index in [0.29, 0.717) is 6.42 Å². The average molecular weight is 348 g/mol. The Balaban J connectivity index is 1.73. The van der Waals surface area contributed by atoms with E-state index >= 15 is 0 Å². The highest BCUT2D eigenvalue weighted by molar-refractivity contribution is 5.68. The van der Waals surface area contributed by atoms with Crippen molar-refractivity contribution in [2.75, 3.05) is 0 Å². The van der Waals surface area contributed by atoms with Gasteiger partial charge in [-0.1, -0.05) is 30.3 Å². The van der Waals surface area contributed by atoms with Crippen LogP contribution in [0.2, 0.25) is 0 Å². The Morgan fingerprint density at radius 3 is 2.24 bits per heavy atom. The Kier molecular flexibility index (Phi) is 6.67. The van der Waals surface area contributed by atoms with Gasteiger partial charge in [0.25, 0.3) is 0 Å². The van der Waals surface area contributed by atoms with Crippen LogP contribution in [-0.4, -0.2) is 29.9 Å². The molecule has 1 saturated carbocycles. The quantitative estimate of drug-likeness (QED) is 0.869. The number of hydrogen-bond donors (Lipinski definition) is 2. The lowest BCUT2D eigenvalue weighted by atomic mass is 9.91. The predicted molar refractivity (Wildman–Crippen MR) is 95.2 cm³/mol. The molecular weight excluding hydrogens is 320 g/mol. The van der Waals surface area contributed by atoms with Crippen LogP contribution >= 0.6 is 0 Å². The van der Waals surface area contributed by atoms with E-state index in [2.05, 4.69) is 10.6 Å². The molecule has 2 rings (SSSR count). The Morgan fingerprint density at radius 2 is 1.64 bits per heavy atom. The zero-order valence-electron chi connectivity index (χ0n) is 15.2. The van der Waals surface area contributed by atoms with Crippen LogP contribution in [0.15, 0.2) is 30.3 Å². The average Bonchev–Trinajstić information content (AvgIpc) is 2.52. The summed E-state index contributed by atoms with van der Waals surface area (Å²) in [6.45, 7) is 5.75. The summed E-state index contributed by atoms with van der Waals surface area (Å²) in [5, 5.41) is 5.77. The molecule has 25 heavy (non-hydrogen) atoms. The normalized spacial score (nSPS) is 20.4. The molecule has 0 saturated heterocycles. The predicted octanol–water partition coefficient (Wildman–Crippen LogP) is 3.75. The van der Waals surface area contributed by atoms with Gasteiger partial charge in [-0.3, -0.25) is 0 Å². The fourth-order valence-electron chi connectivity index (χ4n) is 2.86. The molecule has 1 aliphatic carbocycles.